The number of thioether (sulfide) groups is 1. The molecule has 1 N–H and O–H groups in total. The highest BCUT2D eigenvalue weighted by Gasteiger charge is 2.07. The molecule has 0 rings (SSSR count). The Morgan fingerprint density at radius 3 is 2.54 bits per heavy atom. The summed E-state index contributed by atoms with van der Waals surface area (Å²) < 4.78 is 0. The fourth-order valence-corrected chi connectivity index (χ4v) is 2.04. The number of nitrogens with one attached hydrogen (secondary N) is 1. The van der Waals surface area contributed by atoms with E-state index in [9.17, 15) is 0 Å². The minimum atomic E-state index is 0.499. The van der Waals surface area contributed by atoms with Gasteiger partial charge in [0.2, 0.25) is 0 Å². The van der Waals surface area contributed by atoms with Gasteiger partial charge in [-0.15, -0.1) is 11.6 Å². The van der Waals surface area contributed by atoms with Gasteiger partial charge in [0, 0.05) is 24.2 Å². The van der Waals surface area contributed by atoms with Crippen molar-refractivity contribution < 1.29 is 0 Å². The largest absolute Gasteiger partial charge is 0.312 e. The molecule has 80 valence electrons. The zero-order chi connectivity index (χ0) is 10.1. The maximum absolute atomic E-state index is 5.86. The zero-order valence-corrected chi connectivity index (χ0v) is 10.5. The Morgan fingerprint density at radius 1 is 1.38 bits per heavy atom. The quantitative estimate of drug-likeness (QED) is 0.502. The van der Waals surface area contributed by atoms with Crippen LogP contribution in [0.4, 0.5) is 0 Å². The topological polar surface area (TPSA) is 12.0 Å². The van der Waals surface area contributed by atoms with E-state index in [2.05, 4.69) is 26.1 Å². The Hall–Kier alpha value is 0.600. The molecule has 0 aliphatic rings. The van der Waals surface area contributed by atoms with E-state index in [0.29, 0.717) is 6.04 Å². The number of hydrogen-bond acceptors (Lipinski definition) is 2. The Bertz CT molecular complexity index is 109. The van der Waals surface area contributed by atoms with E-state index in [1.54, 1.807) is 0 Å². The molecule has 0 saturated carbocycles. The molecule has 0 aromatic carbocycles. The fourth-order valence-electron chi connectivity index (χ4n) is 1.25. The molecule has 0 saturated heterocycles. The standard InChI is InChI=1S/C10H22ClNS/c1-4-13-6-5-12-10(8-11)7-9(2)3/h9-10,12H,4-8H2,1-3H3. The minimum Gasteiger partial charge on any atom is -0.312 e. The maximum Gasteiger partial charge on any atom is 0.0377 e. The van der Waals surface area contributed by atoms with Crippen LogP contribution in [0.2, 0.25) is 0 Å². The first-order chi connectivity index (χ1) is 6.20. The van der Waals surface area contributed by atoms with E-state index in [4.69, 9.17) is 11.6 Å². The highest BCUT2D eigenvalue weighted by Crippen LogP contribution is 2.06. The van der Waals surface area contributed by atoms with Crippen molar-refractivity contribution in [2.75, 3.05) is 23.9 Å². The summed E-state index contributed by atoms with van der Waals surface area (Å²) in [4.78, 5) is 0. The Balaban J connectivity index is 3.36. The lowest BCUT2D eigenvalue weighted by Crippen LogP contribution is -2.33. The van der Waals surface area contributed by atoms with Crippen molar-refractivity contribution in [2.24, 2.45) is 5.92 Å². The summed E-state index contributed by atoms with van der Waals surface area (Å²) in [7, 11) is 0. The molecule has 1 atom stereocenters. The molecule has 0 bridgehead atoms. The average Bonchev–Trinajstić information content (AvgIpc) is 2.09. The lowest BCUT2D eigenvalue weighted by Gasteiger charge is -2.17. The molecular formula is C10H22ClNS. The molecule has 0 radical (unpaired) electrons. The molecule has 0 spiro atoms. The van der Waals surface area contributed by atoms with Gasteiger partial charge in [0.25, 0.3) is 0 Å². The normalized spacial score (nSPS) is 13.6. The molecule has 0 aliphatic heterocycles. The van der Waals surface area contributed by atoms with Crippen molar-refractivity contribution in [1.82, 2.24) is 5.32 Å². The van der Waals surface area contributed by atoms with E-state index in [1.807, 2.05) is 11.8 Å². The highest BCUT2D eigenvalue weighted by molar-refractivity contribution is 7.99. The Labute approximate surface area is 92.0 Å². The second-order valence-corrected chi connectivity index (χ2v) is 5.33. The number of halogens is 1. The number of hydrogen-bond donors (Lipinski definition) is 1. The van der Waals surface area contributed by atoms with E-state index in [0.717, 1.165) is 18.3 Å². The predicted octanol–water partition coefficient (Wildman–Crippen LogP) is 2.98. The molecule has 1 unspecified atom stereocenters. The second kappa shape index (κ2) is 9.17. The monoisotopic (exact) mass is 223 g/mol. The van der Waals surface area contributed by atoms with Crippen molar-refractivity contribution in [2.45, 2.75) is 33.2 Å². The van der Waals surface area contributed by atoms with Crippen LogP contribution in [0.15, 0.2) is 0 Å². The van der Waals surface area contributed by atoms with Crippen LogP contribution < -0.4 is 5.32 Å². The molecule has 3 heteroatoms. The first-order valence-corrected chi connectivity index (χ1v) is 6.76. The van der Waals surface area contributed by atoms with Crippen molar-refractivity contribution in [3.8, 4) is 0 Å². The molecule has 0 aromatic rings. The second-order valence-electron chi connectivity index (χ2n) is 3.63. The van der Waals surface area contributed by atoms with Crippen LogP contribution in [0.3, 0.4) is 0 Å². The summed E-state index contributed by atoms with van der Waals surface area (Å²) in [6.45, 7) is 7.75. The van der Waals surface area contributed by atoms with E-state index in [-0.39, 0.29) is 0 Å². The molecular weight excluding hydrogens is 202 g/mol. The summed E-state index contributed by atoms with van der Waals surface area (Å²) in [6.07, 6.45) is 1.18. The van der Waals surface area contributed by atoms with Crippen LogP contribution in [-0.4, -0.2) is 30.0 Å². The van der Waals surface area contributed by atoms with Crippen molar-refractivity contribution in [3.63, 3.8) is 0 Å². The predicted molar refractivity (Wildman–Crippen MR) is 65.0 cm³/mol. The zero-order valence-electron chi connectivity index (χ0n) is 8.98. The van der Waals surface area contributed by atoms with Gasteiger partial charge < -0.3 is 5.32 Å². The van der Waals surface area contributed by atoms with Crippen molar-refractivity contribution in [3.05, 3.63) is 0 Å². The third-order valence-electron chi connectivity index (χ3n) is 1.83. The van der Waals surface area contributed by atoms with Gasteiger partial charge in [-0.2, -0.15) is 11.8 Å². The van der Waals surface area contributed by atoms with Gasteiger partial charge in [0.15, 0.2) is 0 Å². The van der Waals surface area contributed by atoms with Crippen molar-refractivity contribution >= 4 is 23.4 Å². The van der Waals surface area contributed by atoms with Gasteiger partial charge in [-0.25, -0.2) is 0 Å². The molecule has 0 amide bonds. The Kier molecular flexibility index (Phi) is 9.59. The van der Waals surface area contributed by atoms with Gasteiger partial charge in [0.1, 0.15) is 0 Å². The third kappa shape index (κ3) is 8.92. The maximum atomic E-state index is 5.86. The lowest BCUT2D eigenvalue weighted by molar-refractivity contribution is 0.455. The van der Waals surface area contributed by atoms with Gasteiger partial charge >= 0.3 is 0 Å². The van der Waals surface area contributed by atoms with Crippen LogP contribution in [0.25, 0.3) is 0 Å². The average molecular weight is 224 g/mol. The summed E-state index contributed by atoms with van der Waals surface area (Å²) in [5.41, 5.74) is 0. The van der Waals surface area contributed by atoms with Gasteiger partial charge in [-0.3, -0.25) is 0 Å². The SMILES string of the molecule is CCSCCNC(CCl)CC(C)C. The summed E-state index contributed by atoms with van der Waals surface area (Å²) in [5.74, 6) is 3.86. The van der Waals surface area contributed by atoms with Crippen molar-refractivity contribution in [1.29, 1.82) is 0 Å². The fraction of sp³-hybridized carbons (Fsp3) is 1.00. The summed E-state index contributed by atoms with van der Waals surface area (Å²) >= 11 is 7.83. The van der Waals surface area contributed by atoms with Gasteiger partial charge in [-0.05, 0) is 18.1 Å². The molecule has 13 heavy (non-hydrogen) atoms. The van der Waals surface area contributed by atoms with Gasteiger partial charge in [-0.1, -0.05) is 20.8 Å². The number of alkyl halides is 1. The van der Waals surface area contributed by atoms with Crippen LogP contribution in [0.1, 0.15) is 27.2 Å². The molecule has 0 heterocycles. The summed E-state index contributed by atoms with van der Waals surface area (Å²) in [5, 5.41) is 3.48. The van der Waals surface area contributed by atoms with Crippen LogP contribution in [0.5, 0.6) is 0 Å². The van der Waals surface area contributed by atoms with E-state index >= 15 is 0 Å². The molecule has 0 aromatic heterocycles. The summed E-state index contributed by atoms with van der Waals surface area (Å²) in [6, 6.07) is 0.499. The smallest absolute Gasteiger partial charge is 0.0377 e. The third-order valence-corrected chi connectivity index (χ3v) is 3.10. The van der Waals surface area contributed by atoms with Crippen LogP contribution in [0, 0.1) is 5.92 Å². The van der Waals surface area contributed by atoms with Crippen LogP contribution >= 0.6 is 23.4 Å². The van der Waals surface area contributed by atoms with E-state index < -0.39 is 0 Å². The lowest BCUT2D eigenvalue weighted by atomic mass is 10.1. The van der Waals surface area contributed by atoms with E-state index in [1.165, 1.54) is 17.9 Å². The molecule has 0 fully saturated rings. The first-order valence-electron chi connectivity index (χ1n) is 5.07. The van der Waals surface area contributed by atoms with Gasteiger partial charge in [0.05, 0.1) is 0 Å². The highest BCUT2D eigenvalue weighted by atomic mass is 35.5. The molecule has 0 aliphatic carbocycles. The van der Waals surface area contributed by atoms with Crippen LogP contribution in [-0.2, 0) is 0 Å². The first kappa shape index (κ1) is 13.6. The number of rotatable bonds is 8. The minimum absolute atomic E-state index is 0.499. The Morgan fingerprint density at radius 2 is 2.08 bits per heavy atom. The molecule has 1 nitrogen and oxygen atoms in total.